The summed E-state index contributed by atoms with van der Waals surface area (Å²) in [6, 6.07) is 6.91. The largest absolute Gasteiger partial charge is 0.384 e. The summed E-state index contributed by atoms with van der Waals surface area (Å²) in [4.78, 5) is 20.9. The summed E-state index contributed by atoms with van der Waals surface area (Å²) in [6.07, 6.45) is 1.67. The second kappa shape index (κ2) is 7.39. The summed E-state index contributed by atoms with van der Waals surface area (Å²) in [6.45, 7) is 8.19. The molecule has 1 aliphatic carbocycles. The fourth-order valence-electron chi connectivity index (χ4n) is 3.83. The molecule has 1 aliphatic heterocycles. The smallest absolute Gasteiger partial charge is 0.241 e. The van der Waals surface area contributed by atoms with Crippen molar-refractivity contribution in [2.75, 3.05) is 36.8 Å². The predicted molar refractivity (Wildman–Crippen MR) is 118 cm³/mol. The molecule has 8 nitrogen and oxygen atoms in total. The molecule has 2 aromatic rings. The highest BCUT2D eigenvalue weighted by Gasteiger charge is 2.41. The number of hydrogen-bond acceptors (Lipinski definition) is 6. The highest BCUT2D eigenvalue weighted by molar-refractivity contribution is 7.89. The van der Waals surface area contributed by atoms with Gasteiger partial charge in [-0.15, -0.1) is 0 Å². The monoisotopic (exact) mass is 431 g/mol. The van der Waals surface area contributed by atoms with Crippen molar-refractivity contribution < 1.29 is 13.2 Å². The number of benzene rings is 1. The molecule has 0 unspecified atom stereocenters. The van der Waals surface area contributed by atoms with Gasteiger partial charge >= 0.3 is 0 Å². The summed E-state index contributed by atoms with van der Waals surface area (Å²) in [5.41, 5.74) is 6.86. The second-order valence-electron chi connectivity index (χ2n) is 8.88. The fourth-order valence-corrected chi connectivity index (χ4v) is 5.33. The third-order valence-electron chi connectivity index (χ3n) is 5.90. The average molecular weight is 432 g/mol. The maximum Gasteiger partial charge on any atom is 0.241 e. The maximum atomic E-state index is 13.0. The van der Waals surface area contributed by atoms with Gasteiger partial charge in [0, 0.05) is 48.7 Å². The van der Waals surface area contributed by atoms with Crippen LogP contribution in [0.5, 0.6) is 0 Å². The number of piperazine rings is 1. The number of carbonyl (C=O) groups excluding carboxylic acids is 1. The van der Waals surface area contributed by atoms with Crippen LogP contribution in [-0.2, 0) is 14.8 Å². The minimum absolute atomic E-state index is 0.0344. The number of fused-ring (bicyclic) bond motifs is 1. The Morgan fingerprint density at radius 1 is 1.17 bits per heavy atom. The minimum atomic E-state index is -3.68. The molecular weight excluding hydrogens is 402 g/mol. The number of pyridine rings is 1. The molecule has 1 saturated heterocycles. The van der Waals surface area contributed by atoms with Crippen LogP contribution in [0.1, 0.15) is 33.6 Å². The Balaban J connectivity index is 1.69. The quantitative estimate of drug-likeness (QED) is 0.749. The lowest BCUT2D eigenvalue weighted by atomic mass is 10.1. The van der Waals surface area contributed by atoms with Gasteiger partial charge in [0.25, 0.3) is 0 Å². The number of carbonyl (C=O) groups is 1. The minimum Gasteiger partial charge on any atom is -0.384 e. The molecule has 2 heterocycles. The van der Waals surface area contributed by atoms with E-state index >= 15 is 0 Å². The number of nitrogen functional groups attached to an aromatic ring is 1. The van der Waals surface area contributed by atoms with E-state index in [2.05, 4.69) is 14.6 Å². The summed E-state index contributed by atoms with van der Waals surface area (Å²) in [5, 5.41) is 0.851. The van der Waals surface area contributed by atoms with Crippen molar-refractivity contribution in [3.63, 3.8) is 0 Å². The van der Waals surface area contributed by atoms with Crippen LogP contribution < -0.4 is 15.4 Å². The lowest BCUT2D eigenvalue weighted by Crippen LogP contribution is -2.50. The Labute approximate surface area is 177 Å². The molecule has 9 heteroatoms. The lowest BCUT2D eigenvalue weighted by Gasteiger charge is -2.37. The van der Waals surface area contributed by atoms with Gasteiger partial charge in [-0.3, -0.25) is 4.79 Å². The highest BCUT2D eigenvalue weighted by atomic mass is 32.2. The number of anilines is 2. The molecule has 0 bridgehead atoms. The molecule has 2 fully saturated rings. The molecule has 2 aliphatic rings. The van der Waals surface area contributed by atoms with Crippen LogP contribution in [-0.4, -0.2) is 55.9 Å². The Morgan fingerprint density at radius 3 is 2.43 bits per heavy atom. The zero-order chi connectivity index (χ0) is 21.7. The van der Waals surface area contributed by atoms with Gasteiger partial charge in [0.2, 0.25) is 15.9 Å². The zero-order valence-electron chi connectivity index (χ0n) is 17.7. The van der Waals surface area contributed by atoms with Gasteiger partial charge in [-0.2, -0.15) is 0 Å². The summed E-state index contributed by atoms with van der Waals surface area (Å²) < 4.78 is 28.9. The van der Waals surface area contributed by atoms with Gasteiger partial charge in [-0.1, -0.05) is 13.8 Å². The molecule has 162 valence electrons. The van der Waals surface area contributed by atoms with Crippen molar-refractivity contribution in [2.24, 2.45) is 5.92 Å². The van der Waals surface area contributed by atoms with Crippen molar-refractivity contribution in [1.29, 1.82) is 0 Å². The standard InChI is InChI=1S/C21H29N5O3S/c1-14(2)20(27)26-10-8-25(9-11-26)18-13-15(30(28,29)24-21(3)6-7-21)12-17-16(18)4-5-19(22)23-17/h4-5,12-14,24H,6-11H2,1-3H3,(H2,22,23). The molecule has 0 radical (unpaired) electrons. The van der Waals surface area contributed by atoms with E-state index in [0.717, 1.165) is 23.9 Å². The number of hydrogen-bond donors (Lipinski definition) is 2. The van der Waals surface area contributed by atoms with Gasteiger partial charge in [-0.25, -0.2) is 18.1 Å². The normalized spacial score (nSPS) is 18.8. The molecule has 0 spiro atoms. The topological polar surface area (TPSA) is 109 Å². The lowest BCUT2D eigenvalue weighted by molar-refractivity contribution is -0.134. The van der Waals surface area contributed by atoms with E-state index in [-0.39, 0.29) is 22.3 Å². The molecule has 1 saturated carbocycles. The zero-order valence-corrected chi connectivity index (χ0v) is 18.5. The number of amides is 1. The van der Waals surface area contributed by atoms with Crippen molar-refractivity contribution in [3.05, 3.63) is 24.3 Å². The number of nitrogens with one attached hydrogen (secondary N) is 1. The van der Waals surface area contributed by atoms with Crippen LogP contribution in [0.15, 0.2) is 29.2 Å². The van der Waals surface area contributed by atoms with Gasteiger partial charge in [0.15, 0.2) is 0 Å². The van der Waals surface area contributed by atoms with E-state index in [1.165, 1.54) is 0 Å². The molecular formula is C21H29N5O3S. The van der Waals surface area contributed by atoms with E-state index in [1.807, 2.05) is 31.7 Å². The number of sulfonamides is 1. The average Bonchev–Trinajstić information content (AvgIpc) is 3.42. The molecule has 4 rings (SSSR count). The third-order valence-corrected chi connectivity index (χ3v) is 7.52. The SMILES string of the molecule is CC(C)C(=O)N1CCN(c2cc(S(=O)(=O)NC3(C)CC3)cc3nc(N)ccc23)CC1. The Hall–Kier alpha value is -2.39. The van der Waals surface area contributed by atoms with Crippen molar-refractivity contribution in [2.45, 2.75) is 44.0 Å². The van der Waals surface area contributed by atoms with Crippen LogP contribution in [0.25, 0.3) is 10.9 Å². The van der Waals surface area contributed by atoms with E-state index in [0.29, 0.717) is 37.5 Å². The van der Waals surface area contributed by atoms with Crippen molar-refractivity contribution >= 4 is 38.3 Å². The molecule has 1 amide bonds. The predicted octanol–water partition coefficient (Wildman–Crippen LogP) is 1.95. The van der Waals surface area contributed by atoms with Crippen molar-refractivity contribution in [1.82, 2.24) is 14.6 Å². The number of rotatable bonds is 5. The highest BCUT2D eigenvalue weighted by Crippen LogP contribution is 2.37. The molecule has 3 N–H and O–H groups in total. The molecule has 0 atom stereocenters. The van der Waals surface area contributed by atoms with Crippen LogP contribution in [0.3, 0.4) is 0 Å². The number of aromatic nitrogens is 1. The fraction of sp³-hybridized carbons (Fsp3) is 0.524. The maximum absolute atomic E-state index is 13.0. The summed E-state index contributed by atoms with van der Waals surface area (Å²) >= 11 is 0. The van der Waals surface area contributed by atoms with Gasteiger partial charge in [0.1, 0.15) is 5.82 Å². The van der Waals surface area contributed by atoms with E-state index in [9.17, 15) is 13.2 Å². The molecule has 1 aromatic heterocycles. The Morgan fingerprint density at radius 2 is 1.83 bits per heavy atom. The van der Waals surface area contributed by atoms with Gasteiger partial charge < -0.3 is 15.5 Å². The summed E-state index contributed by atoms with van der Waals surface area (Å²) in [7, 11) is -3.68. The third kappa shape index (κ3) is 4.09. The van der Waals surface area contributed by atoms with Crippen LogP contribution in [0.4, 0.5) is 11.5 Å². The molecule has 1 aromatic carbocycles. The first-order valence-corrected chi connectivity index (χ1v) is 11.8. The van der Waals surface area contributed by atoms with Gasteiger partial charge in [0.05, 0.1) is 10.4 Å². The first kappa shape index (κ1) is 20.9. The number of nitrogens with zero attached hydrogens (tertiary/aromatic N) is 3. The first-order valence-electron chi connectivity index (χ1n) is 10.4. The van der Waals surface area contributed by atoms with E-state index in [4.69, 9.17) is 5.73 Å². The van der Waals surface area contributed by atoms with Crippen LogP contribution >= 0.6 is 0 Å². The van der Waals surface area contributed by atoms with E-state index in [1.54, 1.807) is 18.2 Å². The second-order valence-corrected chi connectivity index (χ2v) is 10.6. The first-order chi connectivity index (χ1) is 14.1. The van der Waals surface area contributed by atoms with Crippen LogP contribution in [0.2, 0.25) is 0 Å². The van der Waals surface area contributed by atoms with E-state index < -0.39 is 10.0 Å². The number of nitrogens with two attached hydrogens (primary N) is 1. The molecule has 30 heavy (non-hydrogen) atoms. The summed E-state index contributed by atoms with van der Waals surface area (Å²) in [5.74, 6) is 0.456. The Kier molecular flexibility index (Phi) is 5.14. The Bertz CT molecular complexity index is 1090. The van der Waals surface area contributed by atoms with Crippen molar-refractivity contribution in [3.8, 4) is 0 Å². The van der Waals surface area contributed by atoms with Gasteiger partial charge in [-0.05, 0) is 44.0 Å². The van der Waals surface area contributed by atoms with Crippen LogP contribution in [0, 0.1) is 5.92 Å².